The lowest BCUT2D eigenvalue weighted by Crippen LogP contribution is -2.27. The molecule has 23 heavy (non-hydrogen) atoms. The Labute approximate surface area is 156 Å². The summed E-state index contributed by atoms with van der Waals surface area (Å²) in [6.07, 6.45) is 2.80. The van der Waals surface area contributed by atoms with Crippen molar-refractivity contribution in [3.05, 3.63) is 16.1 Å². The molecule has 1 saturated heterocycles. The van der Waals surface area contributed by atoms with Gasteiger partial charge in [0.05, 0.1) is 11.7 Å². The van der Waals surface area contributed by atoms with E-state index >= 15 is 0 Å². The van der Waals surface area contributed by atoms with Gasteiger partial charge in [-0.05, 0) is 38.8 Å². The summed E-state index contributed by atoms with van der Waals surface area (Å²) in [7, 11) is 0. The van der Waals surface area contributed by atoms with Gasteiger partial charge in [-0.2, -0.15) is 0 Å². The van der Waals surface area contributed by atoms with Crippen LogP contribution in [0, 0.1) is 5.92 Å². The van der Waals surface area contributed by atoms with E-state index in [9.17, 15) is 4.79 Å². The summed E-state index contributed by atoms with van der Waals surface area (Å²) in [6.45, 7) is 10.6. The molecular formula is C16H29Cl2N3OS. The second-order valence-electron chi connectivity index (χ2n) is 7.01. The molecule has 2 N–H and O–H groups in total. The molecule has 1 aliphatic heterocycles. The first-order valence-corrected chi connectivity index (χ1v) is 8.70. The summed E-state index contributed by atoms with van der Waals surface area (Å²) >= 11 is 1.63. The molecule has 1 amide bonds. The quantitative estimate of drug-likeness (QED) is 0.813. The van der Waals surface area contributed by atoms with Crippen molar-refractivity contribution in [1.29, 1.82) is 0 Å². The van der Waals surface area contributed by atoms with E-state index in [0.717, 1.165) is 30.2 Å². The highest BCUT2D eigenvalue weighted by molar-refractivity contribution is 7.09. The molecule has 4 nitrogen and oxygen atoms in total. The molecule has 0 aliphatic carbocycles. The highest BCUT2D eigenvalue weighted by atomic mass is 35.5. The van der Waals surface area contributed by atoms with Crippen LogP contribution in [0.15, 0.2) is 5.38 Å². The maximum atomic E-state index is 12.0. The van der Waals surface area contributed by atoms with Gasteiger partial charge in [0.25, 0.3) is 0 Å². The van der Waals surface area contributed by atoms with E-state index in [0.29, 0.717) is 12.3 Å². The van der Waals surface area contributed by atoms with Crippen LogP contribution in [0.2, 0.25) is 0 Å². The fraction of sp³-hybridized carbons (Fsp3) is 0.750. The molecule has 2 atom stereocenters. The molecule has 0 saturated carbocycles. The Hall–Kier alpha value is -0.360. The monoisotopic (exact) mass is 381 g/mol. The number of carbonyl (C=O) groups is 1. The van der Waals surface area contributed by atoms with E-state index in [1.807, 2.05) is 6.92 Å². The lowest BCUT2D eigenvalue weighted by molar-refractivity contribution is -0.122. The third kappa shape index (κ3) is 6.96. The molecule has 0 radical (unpaired) electrons. The molecule has 0 spiro atoms. The molecule has 2 unspecified atom stereocenters. The van der Waals surface area contributed by atoms with Crippen LogP contribution in [0.25, 0.3) is 0 Å². The lowest BCUT2D eigenvalue weighted by Gasteiger charge is -2.15. The molecule has 2 rings (SSSR count). The number of rotatable bonds is 5. The normalized spacial score (nSPS) is 18.7. The second kappa shape index (κ2) is 9.82. The molecule has 1 aromatic rings. The number of carbonyl (C=O) groups excluding carboxylic acids is 1. The Bertz CT molecular complexity index is 482. The van der Waals surface area contributed by atoms with Crippen LogP contribution < -0.4 is 10.6 Å². The first-order chi connectivity index (χ1) is 9.86. The number of halogens is 2. The van der Waals surface area contributed by atoms with Crippen molar-refractivity contribution in [3.63, 3.8) is 0 Å². The van der Waals surface area contributed by atoms with E-state index in [4.69, 9.17) is 0 Å². The van der Waals surface area contributed by atoms with Gasteiger partial charge >= 0.3 is 0 Å². The number of nitrogens with zero attached hydrogens (tertiary/aromatic N) is 1. The number of hydrogen-bond acceptors (Lipinski definition) is 4. The average Bonchev–Trinajstić information content (AvgIpc) is 3.07. The highest BCUT2D eigenvalue weighted by Crippen LogP contribution is 2.26. The van der Waals surface area contributed by atoms with Crippen molar-refractivity contribution < 1.29 is 4.79 Å². The average molecular weight is 382 g/mol. The van der Waals surface area contributed by atoms with Crippen molar-refractivity contribution in [3.8, 4) is 0 Å². The fourth-order valence-electron chi connectivity index (χ4n) is 2.50. The first-order valence-electron chi connectivity index (χ1n) is 7.82. The van der Waals surface area contributed by atoms with Gasteiger partial charge in [-0.15, -0.1) is 36.2 Å². The molecule has 0 aromatic carbocycles. The van der Waals surface area contributed by atoms with Gasteiger partial charge in [0.15, 0.2) is 0 Å². The van der Waals surface area contributed by atoms with Gasteiger partial charge in [-0.3, -0.25) is 4.79 Å². The van der Waals surface area contributed by atoms with Gasteiger partial charge in [0, 0.05) is 17.2 Å². The topological polar surface area (TPSA) is 54.0 Å². The van der Waals surface area contributed by atoms with E-state index in [-0.39, 0.29) is 42.2 Å². The van der Waals surface area contributed by atoms with Crippen molar-refractivity contribution >= 4 is 42.1 Å². The van der Waals surface area contributed by atoms with Crippen LogP contribution in [-0.2, 0) is 10.2 Å². The van der Waals surface area contributed by atoms with Gasteiger partial charge in [-0.1, -0.05) is 20.8 Å². The van der Waals surface area contributed by atoms with Gasteiger partial charge in [0.1, 0.15) is 5.01 Å². The summed E-state index contributed by atoms with van der Waals surface area (Å²) < 4.78 is 0. The zero-order valence-electron chi connectivity index (χ0n) is 14.3. The first kappa shape index (κ1) is 22.6. The zero-order chi connectivity index (χ0) is 15.5. The Kier molecular flexibility index (Phi) is 9.67. The lowest BCUT2D eigenvalue weighted by atomic mass is 9.93. The van der Waals surface area contributed by atoms with Crippen molar-refractivity contribution in [1.82, 2.24) is 15.6 Å². The zero-order valence-corrected chi connectivity index (χ0v) is 16.8. The van der Waals surface area contributed by atoms with Crippen molar-refractivity contribution in [2.45, 2.75) is 58.4 Å². The van der Waals surface area contributed by atoms with E-state index in [1.165, 1.54) is 6.42 Å². The Morgan fingerprint density at radius 1 is 1.48 bits per heavy atom. The summed E-state index contributed by atoms with van der Waals surface area (Å²) in [5, 5.41) is 9.51. The van der Waals surface area contributed by atoms with Crippen LogP contribution in [0.1, 0.15) is 63.7 Å². The molecule has 1 fully saturated rings. The number of aromatic nitrogens is 1. The standard InChI is InChI=1S/C16H27N3OS.2ClH/c1-11(15-19-13(10-21-15)16(2,3)4)18-14(20)6-5-12-7-8-17-9-12;;/h10-12,17H,5-9H2,1-4H3,(H,18,20);2*1H. The summed E-state index contributed by atoms with van der Waals surface area (Å²) in [6, 6.07) is 0.000281. The second-order valence-corrected chi connectivity index (χ2v) is 7.90. The molecule has 1 aliphatic rings. The maximum absolute atomic E-state index is 12.0. The minimum Gasteiger partial charge on any atom is -0.347 e. The number of thiazole rings is 1. The summed E-state index contributed by atoms with van der Waals surface area (Å²) in [4.78, 5) is 16.7. The molecule has 2 heterocycles. The third-order valence-electron chi connectivity index (χ3n) is 3.98. The highest BCUT2D eigenvalue weighted by Gasteiger charge is 2.21. The molecular weight excluding hydrogens is 353 g/mol. The van der Waals surface area contributed by atoms with Crippen LogP contribution in [0.3, 0.4) is 0 Å². The Balaban J connectivity index is 0.00000242. The van der Waals surface area contributed by atoms with E-state index < -0.39 is 0 Å². The third-order valence-corrected chi connectivity index (χ3v) is 5.01. The van der Waals surface area contributed by atoms with Crippen LogP contribution in [0.5, 0.6) is 0 Å². The SMILES string of the molecule is CC(NC(=O)CCC1CCNC1)c1nc(C(C)(C)C)cs1.Cl.Cl. The minimum absolute atomic E-state index is 0. The Morgan fingerprint density at radius 3 is 2.70 bits per heavy atom. The summed E-state index contributed by atoms with van der Waals surface area (Å²) in [5.74, 6) is 0.806. The molecule has 7 heteroatoms. The smallest absolute Gasteiger partial charge is 0.220 e. The Morgan fingerprint density at radius 2 is 2.17 bits per heavy atom. The number of hydrogen-bond donors (Lipinski definition) is 2. The van der Waals surface area contributed by atoms with Gasteiger partial charge < -0.3 is 10.6 Å². The van der Waals surface area contributed by atoms with E-state index in [1.54, 1.807) is 11.3 Å². The minimum atomic E-state index is 0. The summed E-state index contributed by atoms with van der Waals surface area (Å²) in [5.41, 5.74) is 1.16. The maximum Gasteiger partial charge on any atom is 0.220 e. The number of nitrogens with one attached hydrogen (secondary N) is 2. The van der Waals surface area contributed by atoms with Gasteiger partial charge in [0.2, 0.25) is 5.91 Å². The van der Waals surface area contributed by atoms with Crippen LogP contribution in [-0.4, -0.2) is 24.0 Å². The van der Waals surface area contributed by atoms with Crippen molar-refractivity contribution in [2.24, 2.45) is 5.92 Å². The largest absolute Gasteiger partial charge is 0.347 e. The molecule has 1 aromatic heterocycles. The number of amides is 1. The van der Waals surface area contributed by atoms with Crippen molar-refractivity contribution in [2.75, 3.05) is 13.1 Å². The predicted octanol–water partition coefficient (Wildman–Crippen LogP) is 3.85. The van der Waals surface area contributed by atoms with E-state index in [2.05, 4.69) is 41.8 Å². The fourth-order valence-corrected chi connectivity index (χ4v) is 3.56. The molecule has 0 bridgehead atoms. The molecule has 134 valence electrons. The predicted molar refractivity (Wildman–Crippen MR) is 102 cm³/mol. The van der Waals surface area contributed by atoms with Crippen LogP contribution >= 0.6 is 36.2 Å². The van der Waals surface area contributed by atoms with Crippen LogP contribution in [0.4, 0.5) is 0 Å². The van der Waals surface area contributed by atoms with Gasteiger partial charge in [-0.25, -0.2) is 4.98 Å².